The van der Waals surface area contributed by atoms with Crippen molar-refractivity contribution < 1.29 is 0 Å². The van der Waals surface area contributed by atoms with Gasteiger partial charge in [0.25, 0.3) is 0 Å². The predicted octanol–water partition coefficient (Wildman–Crippen LogP) is 16.5. The molecule has 1 unspecified atom stereocenters. The first kappa shape index (κ1) is 37.3. The lowest BCUT2D eigenvalue weighted by atomic mass is 9.91. The van der Waals surface area contributed by atoms with Gasteiger partial charge in [-0.2, -0.15) is 0 Å². The Hall–Kier alpha value is -7.68. The van der Waals surface area contributed by atoms with Crippen molar-refractivity contribution in [1.29, 1.82) is 0 Å². The van der Waals surface area contributed by atoms with Gasteiger partial charge in [-0.05, 0) is 123 Å². The Morgan fingerprint density at radius 1 is 0.565 bits per heavy atom. The molecule has 2 aliphatic carbocycles. The fourth-order valence-electron chi connectivity index (χ4n) is 9.73. The van der Waals surface area contributed by atoms with Crippen molar-refractivity contribution in [2.45, 2.75) is 19.3 Å². The fraction of sp³-hybridized carbons (Fsp3) is 0.0667. The van der Waals surface area contributed by atoms with Crippen LogP contribution in [0.25, 0.3) is 70.9 Å². The maximum absolute atomic E-state index is 4.18. The minimum absolute atomic E-state index is 0.318. The highest BCUT2D eigenvalue weighted by atomic mass is 15.1. The summed E-state index contributed by atoms with van der Waals surface area (Å²) >= 11 is 0. The summed E-state index contributed by atoms with van der Waals surface area (Å²) in [5.74, 6) is 0.318. The number of rotatable bonds is 6. The first-order valence-electron chi connectivity index (χ1n) is 21.8. The molecule has 11 rings (SSSR count). The van der Waals surface area contributed by atoms with Crippen LogP contribution in [0.5, 0.6) is 0 Å². The second-order valence-electron chi connectivity index (χ2n) is 16.5. The lowest BCUT2D eigenvalue weighted by molar-refractivity contribution is 0.675. The fourth-order valence-corrected chi connectivity index (χ4v) is 9.73. The topological polar surface area (TPSA) is 8.17 Å². The maximum Gasteiger partial charge on any atom is 0.0625 e. The Morgan fingerprint density at radius 3 is 2.19 bits per heavy atom. The van der Waals surface area contributed by atoms with Gasteiger partial charge in [-0.25, -0.2) is 0 Å². The summed E-state index contributed by atoms with van der Waals surface area (Å²) in [5.41, 5.74) is 11.8. The number of aromatic nitrogens is 1. The highest BCUT2D eigenvalue weighted by Gasteiger charge is 2.22. The summed E-state index contributed by atoms with van der Waals surface area (Å²) < 4.78 is 2.45. The van der Waals surface area contributed by atoms with Crippen molar-refractivity contribution in [3.8, 4) is 16.8 Å². The third-order valence-electron chi connectivity index (χ3n) is 12.7. The number of hydrogen-bond acceptors (Lipinski definition) is 1. The Labute approximate surface area is 363 Å². The number of para-hydroxylation sites is 2. The molecule has 2 heteroatoms. The number of allylic oxidation sites excluding steroid dienone is 12. The molecule has 0 amide bonds. The molecule has 0 N–H and O–H groups in total. The van der Waals surface area contributed by atoms with Gasteiger partial charge in [-0.15, -0.1) is 0 Å². The average Bonchev–Trinajstić information content (AvgIpc) is 3.49. The summed E-state index contributed by atoms with van der Waals surface area (Å²) in [7, 11) is 0. The first-order chi connectivity index (χ1) is 30.7. The third-order valence-corrected chi connectivity index (χ3v) is 12.7. The van der Waals surface area contributed by atoms with Crippen LogP contribution >= 0.6 is 0 Å². The molecule has 2 aliphatic rings. The zero-order chi connectivity index (χ0) is 41.4. The first-order valence-corrected chi connectivity index (χ1v) is 21.8. The van der Waals surface area contributed by atoms with Crippen LogP contribution in [0.4, 0.5) is 11.4 Å². The highest BCUT2D eigenvalue weighted by molar-refractivity contribution is 6.24. The number of nitrogens with zero attached hydrogens (tertiary/aromatic N) is 2. The molecule has 1 heterocycles. The molecule has 1 aromatic heterocycles. The van der Waals surface area contributed by atoms with E-state index in [2.05, 4.69) is 241 Å². The second kappa shape index (κ2) is 16.1. The van der Waals surface area contributed by atoms with Gasteiger partial charge < -0.3 is 9.47 Å². The zero-order valence-electron chi connectivity index (χ0n) is 34.7. The largest absolute Gasteiger partial charge is 0.311 e. The molecule has 296 valence electrons. The van der Waals surface area contributed by atoms with Gasteiger partial charge in [0, 0.05) is 38.9 Å². The van der Waals surface area contributed by atoms with Crippen LogP contribution in [0.1, 0.15) is 19.3 Å². The van der Waals surface area contributed by atoms with Crippen molar-refractivity contribution in [1.82, 2.24) is 4.57 Å². The highest BCUT2D eigenvalue weighted by Crippen LogP contribution is 2.44. The van der Waals surface area contributed by atoms with E-state index in [0.717, 1.165) is 41.9 Å². The summed E-state index contributed by atoms with van der Waals surface area (Å²) in [6.45, 7) is 4.18. The number of hydrogen-bond donors (Lipinski definition) is 0. The van der Waals surface area contributed by atoms with Crippen molar-refractivity contribution in [2.24, 2.45) is 5.92 Å². The van der Waals surface area contributed by atoms with E-state index < -0.39 is 0 Å². The van der Waals surface area contributed by atoms with Crippen LogP contribution in [0.3, 0.4) is 0 Å². The summed E-state index contributed by atoms with van der Waals surface area (Å²) in [6, 6.07) is 60.3. The lowest BCUT2D eigenvalue weighted by Gasteiger charge is -2.27. The van der Waals surface area contributed by atoms with Gasteiger partial charge in [0.15, 0.2) is 0 Å². The molecule has 0 radical (unpaired) electrons. The van der Waals surface area contributed by atoms with E-state index in [1.807, 2.05) is 0 Å². The van der Waals surface area contributed by atoms with Crippen LogP contribution in [-0.4, -0.2) is 4.57 Å². The van der Waals surface area contributed by atoms with Gasteiger partial charge in [0.2, 0.25) is 0 Å². The lowest BCUT2D eigenvalue weighted by Crippen LogP contribution is -2.15. The minimum Gasteiger partial charge on any atom is -0.311 e. The van der Waals surface area contributed by atoms with Gasteiger partial charge >= 0.3 is 0 Å². The van der Waals surface area contributed by atoms with Crippen LogP contribution in [0.15, 0.2) is 248 Å². The van der Waals surface area contributed by atoms with Gasteiger partial charge in [-0.3, -0.25) is 0 Å². The minimum atomic E-state index is 0.318. The van der Waals surface area contributed by atoms with E-state index in [4.69, 9.17) is 0 Å². The van der Waals surface area contributed by atoms with Crippen LogP contribution in [0, 0.1) is 5.92 Å². The Balaban J connectivity index is 1.09. The Bertz CT molecular complexity index is 3400. The van der Waals surface area contributed by atoms with Crippen molar-refractivity contribution in [3.63, 3.8) is 0 Å². The Kier molecular flexibility index (Phi) is 9.67. The molecule has 2 nitrogen and oxygen atoms in total. The molecule has 0 bridgehead atoms. The summed E-state index contributed by atoms with van der Waals surface area (Å²) in [4.78, 5) is 2.47. The smallest absolute Gasteiger partial charge is 0.0625 e. The maximum atomic E-state index is 4.18. The molecule has 0 spiro atoms. The van der Waals surface area contributed by atoms with Gasteiger partial charge in [-0.1, -0.05) is 182 Å². The normalized spacial score (nSPS) is 18.1. The van der Waals surface area contributed by atoms with Crippen LogP contribution in [0.2, 0.25) is 0 Å². The molecule has 1 atom stereocenters. The molecule has 8 aromatic carbocycles. The molecular formula is C60H46N2. The zero-order valence-corrected chi connectivity index (χ0v) is 34.7. The standard InChI is InChI=1S/C60H46N2/c1-42-17-4-2-5-19-43(22-14-18-42)44-23-15-27-50(36-35-44)61(52-37-38-54-48(40-52)34-33-45-20-8-10-29-53(45)54)51-28-16-24-46(39-51)57-41-47-21-9-11-30-55(47)60-59(57)56-31-12-13-32-58(56)62(60)49-25-6-3-7-26-49/h2-14,16-18,20-22,24-41,44H,1,15,19,23H2/b5-2-,17-4-,18-14-,43-22+. The molecule has 0 saturated heterocycles. The van der Waals surface area contributed by atoms with Crippen molar-refractivity contribution >= 4 is 65.5 Å². The monoisotopic (exact) mass is 794 g/mol. The molecule has 62 heavy (non-hydrogen) atoms. The second-order valence-corrected chi connectivity index (χ2v) is 16.5. The quantitative estimate of drug-likeness (QED) is 0.152. The average molecular weight is 795 g/mol. The van der Waals surface area contributed by atoms with E-state index in [-0.39, 0.29) is 0 Å². The van der Waals surface area contributed by atoms with E-state index >= 15 is 0 Å². The third kappa shape index (κ3) is 6.80. The van der Waals surface area contributed by atoms with E-state index in [0.29, 0.717) is 5.92 Å². The van der Waals surface area contributed by atoms with Gasteiger partial charge in [0.1, 0.15) is 0 Å². The number of fused-ring (bicyclic) bond motifs is 8. The SMILES string of the molecule is C=C1/C=C\C=C/C/C(C2C=CC(N(c3cccc(-c4cc5ccccc5c5c4c4ccccc4n5-c4ccccc4)c3)c3ccc4c(ccc5ccccc54)c3)=CCC2)=C\C=C/1. The van der Waals surface area contributed by atoms with Crippen molar-refractivity contribution in [3.05, 3.63) is 248 Å². The van der Waals surface area contributed by atoms with Crippen LogP contribution < -0.4 is 4.90 Å². The van der Waals surface area contributed by atoms with E-state index in [9.17, 15) is 0 Å². The predicted molar refractivity (Wildman–Crippen MR) is 267 cm³/mol. The summed E-state index contributed by atoms with van der Waals surface area (Å²) in [6.07, 6.45) is 25.2. The molecular weight excluding hydrogens is 749 g/mol. The summed E-state index contributed by atoms with van der Waals surface area (Å²) in [5, 5.41) is 10.0. The number of anilines is 2. The molecule has 0 saturated carbocycles. The number of benzene rings is 8. The van der Waals surface area contributed by atoms with Crippen LogP contribution in [-0.2, 0) is 0 Å². The molecule has 9 aromatic rings. The van der Waals surface area contributed by atoms with E-state index in [1.165, 1.54) is 76.5 Å². The molecule has 0 fully saturated rings. The van der Waals surface area contributed by atoms with Crippen molar-refractivity contribution in [2.75, 3.05) is 4.90 Å². The van der Waals surface area contributed by atoms with E-state index in [1.54, 1.807) is 0 Å². The van der Waals surface area contributed by atoms with Gasteiger partial charge in [0.05, 0.1) is 11.0 Å². The Morgan fingerprint density at radius 2 is 1.29 bits per heavy atom. The molecule has 0 aliphatic heterocycles.